The Kier molecular flexibility index (Phi) is 5.98. The lowest BCUT2D eigenvalue weighted by atomic mass is 10.1. The lowest BCUT2D eigenvalue weighted by molar-refractivity contribution is -0.141. The summed E-state index contributed by atoms with van der Waals surface area (Å²) < 4.78 is 76.6. The zero-order valence-electron chi connectivity index (χ0n) is 17.2. The first kappa shape index (κ1) is 23.2. The summed E-state index contributed by atoms with van der Waals surface area (Å²) in [7, 11) is 0. The largest absolute Gasteiger partial charge is 0.435 e. The highest BCUT2D eigenvalue weighted by molar-refractivity contribution is 5.79. The predicted molar refractivity (Wildman–Crippen MR) is 109 cm³/mol. The maximum absolute atomic E-state index is 12.7. The van der Waals surface area contributed by atoms with Gasteiger partial charge in [-0.15, -0.1) is 10.2 Å². The van der Waals surface area contributed by atoms with Crippen molar-refractivity contribution in [2.24, 2.45) is 0 Å². The van der Waals surface area contributed by atoms with Crippen LogP contribution in [0.15, 0.2) is 60.9 Å². The SMILES string of the molecule is O=C(Cc1cccc(-c2cnc3cc(-c4ccc(C(F)(F)F)nn4)ccn23)c1)NCC(F)(F)F. The van der Waals surface area contributed by atoms with Gasteiger partial charge in [-0.1, -0.05) is 18.2 Å². The number of halogens is 6. The van der Waals surface area contributed by atoms with Gasteiger partial charge in [0.25, 0.3) is 0 Å². The molecule has 6 nitrogen and oxygen atoms in total. The fourth-order valence-electron chi connectivity index (χ4n) is 3.28. The van der Waals surface area contributed by atoms with Gasteiger partial charge in [-0.3, -0.25) is 9.20 Å². The Hall–Kier alpha value is -3.96. The first-order valence-electron chi connectivity index (χ1n) is 9.81. The van der Waals surface area contributed by atoms with E-state index in [1.807, 2.05) is 5.32 Å². The molecule has 1 aromatic carbocycles. The standard InChI is InChI=1S/C22H15F6N5O/c23-21(24,25)12-30-20(34)9-13-2-1-3-15(8-13)17-11-29-19-10-14(6-7-33(17)19)16-4-5-18(32-31-16)22(26,27)28/h1-8,10-11H,9,12H2,(H,30,34). The first-order chi connectivity index (χ1) is 16.0. The monoisotopic (exact) mass is 479 g/mol. The smallest absolute Gasteiger partial charge is 0.347 e. The van der Waals surface area contributed by atoms with E-state index in [9.17, 15) is 31.1 Å². The number of fused-ring (bicyclic) bond motifs is 1. The van der Waals surface area contributed by atoms with Crippen LogP contribution in [0, 0.1) is 0 Å². The van der Waals surface area contributed by atoms with Gasteiger partial charge < -0.3 is 5.32 Å². The molecule has 12 heteroatoms. The molecule has 0 saturated carbocycles. The van der Waals surface area contributed by atoms with Crippen molar-refractivity contribution in [2.45, 2.75) is 18.8 Å². The molecular formula is C22H15F6N5O. The number of imidazole rings is 1. The Morgan fingerprint density at radius 1 is 0.941 bits per heavy atom. The van der Waals surface area contributed by atoms with Crippen molar-refractivity contribution >= 4 is 11.6 Å². The number of carbonyl (C=O) groups is 1. The summed E-state index contributed by atoms with van der Waals surface area (Å²) >= 11 is 0. The summed E-state index contributed by atoms with van der Waals surface area (Å²) in [6.07, 6.45) is -6.06. The van der Waals surface area contributed by atoms with Gasteiger partial charge >= 0.3 is 12.4 Å². The van der Waals surface area contributed by atoms with Crippen LogP contribution in [0.2, 0.25) is 0 Å². The zero-order chi connectivity index (χ0) is 24.5. The second kappa shape index (κ2) is 8.76. The molecule has 3 heterocycles. The van der Waals surface area contributed by atoms with Crippen molar-refractivity contribution < 1.29 is 31.1 Å². The molecule has 0 spiro atoms. The number of pyridine rings is 1. The van der Waals surface area contributed by atoms with E-state index in [-0.39, 0.29) is 12.1 Å². The molecule has 0 aliphatic heterocycles. The minimum Gasteiger partial charge on any atom is -0.347 e. The lowest BCUT2D eigenvalue weighted by Crippen LogP contribution is -2.34. The van der Waals surface area contributed by atoms with Gasteiger partial charge in [0.15, 0.2) is 5.69 Å². The number of hydrogen-bond acceptors (Lipinski definition) is 4. The average molecular weight is 479 g/mol. The molecule has 0 atom stereocenters. The van der Waals surface area contributed by atoms with E-state index in [0.29, 0.717) is 28.0 Å². The maximum Gasteiger partial charge on any atom is 0.435 e. The highest BCUT2D eigenvalue weighted by atomic mass is 19.4. The van der Waals surface area contributed by atoms with Crippen LogP contribution in [0.1, 0.15) is 11.3 Å². The van der Waals surface area contributed by atoms with E-state index in [4.69, 9.17) is 0 Å². The lowest BCUT2D eigenvalue weighted by Gasteiger charge is -2.09. The molecule has 3 aromatic heterocycles. The van der Waals surface area contributed by atoms with Crippen LogP contribution in [0.3, 0.4) is 0 Å². The molecular weight excluding hydrogens is 464 g/mol. The number of rotatable bonds is 5. The molecule has 0 bridgehead atoms. The van der Waals surface area contributed by atoms with Crippen molar-refractivity contribution in [3.05, 3.63) is 72.2 Å². The fraction of sp³-hybridized carbons (Fsp3) is 0.182. The molecule has 4 rings (SSSR count). The summed E-state index contributed by atoms with van der Waals surface area (Å²) in [4.78, 5) is 16.1. The number of hydrogen-bond donors (Lipinski definition) is 1. The molecule has 34 heavy (non-hydrogen) atoms. The summed E-state index contributed by atoms with van der Waals surface area (Å²) in [5.41, 5.74) is 2.00. The van der Waals surface area contributed by atoms with Gasteiger partial charge in [0.05, 0.1) is 24.0 Å². The molecule has 1 amide bonds. The maximum atomic E-state index is 12.7. The highest BCUT2D eigenvalue weighted by Gasteiger charge is 2.33. The van der Waals surface area contributed by atoms with E-state index >= 15 is 0 Å². The summed E-state index contributed by atoms with van der Waals surface area (Å²) in [5.74, 6) is -0.755. The first-order valence-corrected chi connectivity index (χ1v) is 9.81. The van der Waals surface area contributed by atoms with E-state index in [1.54, 1.807) is 53.2 Å². The van der Waals surface area contributed by atoms with Gasteiger partial charge in [0.2, 0.25) is 5.91 Å². The summed E-state index contributed by atoms with van der Waals surface area (Å²) in [6, 6.07) is 12.1. The van der Waals surface area contributed by atoms with Crippen molar-refractivity contribution in [1.29, 1.82) is 0 Å². The molecule has 1 N–H and O–H groups in total. The number of benzene rings is 1. The van der Waals surface area contributed by atoms with Gasteiger partial charge in [-0.25, -0.2) is 4.98 Å². The van der Waals surface area contributed by atoms with E-state index < -0.39 is 30.5 Å². The third-order valence-electron chi connectivity index (χ3n) is 4.84. The highest BCUT2D eigenvalue weighted by Crippen LogP contribution is 2.29. The Labute approximate surface area is 188 Å². The van der Waals surface area contributed by atoms with Crippen molar-refractivity contribution in [3.8, 4) is 22.5 Å². The summed E-state index contributed by atoms with van der Waals surface area (Å²) in [6.45, 7) is -1.40. The second-order valence-corrected chi connectivity index (χ2v) is 7.36. The van der Waals surface area contributed by atoms with E-state index in [1.165, 1.54) is 6.07 Å². The third kappa shape index (κ3) is 5.33. The quantitative estimate of drug-likeness (QED) is 0.422. The van der Waals surface area contributed by atoms with Gasteiger partial charge in [0.1, 0.15) is 12.2 Å². The Morgan fingerprint density at radius 3 is 2.41 bits per heavy atom. The van der Waals surface area contributed by atoms with Crippen LogP contribution < -0.4 is 5.32 Å². The zero-order valence-corrected chi connectivity index (χ0v) is 17.2. The third-order valence-corrected chi connectivity index (χ3v) is 4.84. The van der Waals surface area contributed by atoms with Crippen LogP contribution in [-0.2, 0) is 17.4 Å². The predicted octanol–water partition coefficient (Wildman–Crippen LogP) is 4.70. The minimum absolute atomic E-state index is 0.225. The van der Waals surface area contributed by atoms with E-state index in [2.05, 4.69) is 15.2 Å². The van der Waals surface area contributed by atoms with Gasteiger partial charge in [-0.05, 0) is 35.9 Å². The van der Waals surface area contributed by atoms with Crippen LogP contribution in [-0.4, -0.2) is 38.2 Å². The van der Waals surface area contributed by atoms with Crippen LogP contribution in [0.25, 0.3) is 28.2 Å². The number of carbonyl (C=O) groups excluding carboxylic acids is 1. The number of aromatic nitrogens is 4. The summed E-state index contributed by atoms with van der Waals surface area (Å²) in [5, 5.41) is 8.70. The topological polar surface area (TPSA) is 72.2 Å². The van der Waals surface area contributed by atoms with Gasteiger partial charge in [0, 0.05) is 17.3 Å². The van der Waals surface area contributed by atoms with Crippen molar-refractivity contribution in [1.82, 2.24) is 24.9 Å². The number of amides is 1. The van der Waals surface area contributed by atoms with Gasteiger partial charge in [-0.2, -0.15) is 26.3 Å². The van der Waals surface area contributed by atoms with Crippen molar-refractivity contribution in [2.75, 3.05) is 6.54 Å². The fourth-order valence-corrected chi connectivity index (χ4v) is 3.28. The van der Waals surface area contributed by atoms with Crippen LogP contribution in [0.5, 0.6) is 0 Å². The van der Waals surface area contributed by atoms with Crippen LogP contribution in [0.4, 0.5) is 26.3 Å². The molecule has 4 aromatic rings. The number of nitrogens with one attached hydrogen (secondary N) is 1. The number of nitrogens with zero attached hydrogens (tertiary/aromatic N) is 4. The minimum atomic E-state index is -4.58. The van der Waals surface area contributed by atoms with Crippen LogP contribution >= 0.6 is 0 Å². The normalized spacial score (nSPS) is 12.2. The van der Waals surface area contributed by atoms with Crippen molar-refractivity contribution in [3.63, 3.8) is 0 Å². The average Bonchev–Trinajstić information content (AvgIpc) is 3.20. The molecule has 0 fully saturated rings. The molecule has 0 radical (unpaired) electrons. The molecule has 0 aliphatic carbocycles. The Balaban J connectivity index is 1.56. The number of alkyl halides is 6. The Bertz CT molecular complexity index is 1330. The second-order valence-electron chi connectivity index (χ2n) is 7.36. The molecule has 0 unspecified atom stereocenters. The Morgan fingerprint density at radius 2 is 1.74 bits per heavy atom. The van der Waals surface area contributed by atoms with E-state index in [0.717, 1.165) is 6.07 Å². The molecule has 0 saturated heterocycles. The molecule has 176 valence electrons. The molecule has 0 aliphatic rings.